The van der Waals surface area contributed by atoms with Gasteiger partial charge in [0.25, 0.3) is 0 Å². The number of alkyl halides is 3. The second kappa shape index (κ2) is 14.2. The maximum absolute atomic E-state index is 12.3. The van der Waals surface area contributed by atoms with E-state index >= 15 is 0 Å². The number of benzene rings is 1. The molecule has 0 saturated heterocycles. The number of hydrogen-bond acceptors (Lipinski definition) is 6. The molecule has 0 unspecified atom stereocenters. The predicted molar refractivity (Wildman–Crippen MR) is 118 cm³/mol. The first kappa shape index (κ1) is 30.9. The summed E-state index contributed by atoms with van der Waals surface area (Å²) in [7, 11) is 0. The quantitative estimate of drug-likeness (QED) is 0.222. The molecule has 34 heavy (non-hydrogen) atoms. The molecule has 1 rings (SSSR count). The Labute approximate surface area is 196 Å². The standard InChI is InChI=1S/C20H31N3O4.C2HF3O2/c1-12(2)14-7-5-8-15(13(3)4)19(14)27-18(25)9-6-10-23-20(26)16(21)11-17(22)24;3-2(4,5)1(6)7/h5,7-8,12-13,16H,6,9-11,21H2,1-4H3,(H2,22,24)(H,23,26);(H,6,7)/t16-;/m0./s1. The average molecular weight is 492 g/mol. The number of carbonyl (C=O) groups is 4. The van der Waals surface area contributed by atoms with E-state index < -0.39 is 30.0 Å². The van der Waals surface area contributed by atoms with Gasteiger partial charge in [0.05, 0.1) is 12.5 Å². The van der Waals surface area contributed by atoms with Crippen LogP contribution in [0.2, 0.25) is 0 Å². The predicted octanol–water partition coefficient (Wildman–Crippen LogP) is 2.57. The maximum Gasteiger partial charge on any atom is 0.490 e. The Morgan fingerprint density at radius 2 is 1.53 bits per heavy atom. The van der Waals surface area contributed by atoms with Gasteiger partial charge in [-0.15, -0.1) is 0 Å². The van der Waals surface area contributed by atoms with Crippen LogP contribution in [0.1, 0.15) is 69.9 Å². The largest absolute Gasteiger partial charge is 0.490 e. The number of esters is 1. The molecule has 0 bridgehead atoms. The van der Waals surface area contributed by atoms with Crippen LogP contribution in [0.3, 0.4) is 0 Å². The second-order valence-electron chi connectivity index (χ2n) is 8.02. The number of hydrogen-bond donors (Lipinski definition) is 4. The summed E-state index contributed by atoms with van der Waals surface area (Å²) in [5, 5.41) is 9.71. The zero-order valence-electron chi connectivity index (χ0n) is 19.6. The summed E-state index contributed by atoms with van der Waals surface area (Å²) in [6.45, 7) is 8.50. The van der Waals surface area contributed by atoms with E-state index in [1.807, 2.05) is 18.2 Å². The Balaban J connectivity index is 0.00000135. The molecule has 192 valence electrons. The van der Waals surface area contributed by atoms with Crippen molar-refractivity contribution in [2.24, 2.45) is 11.5 Å². The van der Waals surface area contributed by atoms with Gasteiger partial charge in [0.2, 0.25) is 11.8 Å². The van der Waals surface area contributed by atoms with E-state index in [-0.39, 0.29) is 37.2 Å². The van der Waals surface area contributed by atoms with Gasteiger partial charge in [0.15, 0.2) is 0 Å². The summed E-state index contributed by atoms with van der Waals surface area (Å²) in [6, 6.07) is 4.95. The summed E-state index contributed by atoms with van der Waals surface area (Å²) in [5.41, 5.74) is 12.6. The highest BCUT2D eigenvalue weighted by molar-refractivity contribution is 5.87. The normalized spacial score (nSPS) is 11.9. The van der Waals surface area contributed by atoms with E-state index in [1.54, 1.807) is 0 Å². The van der Waals surface area contributed by atoms with Gasteiger partial charge in [0.1, 0.15) is 5.75 Å². The number of amides is 2. The molecular weight excluding hydrogens is 459 g/mol. The van der Waals surface area contributed by atoms with Crippen LogP contribution in [0.4, 0.5) is 13.2 Å². The number of carbonyl (C=O) groups excluding carboxylic acids is 3. The van der Waals surface area contributed by atoms with Crippen molar-refractivity contribution in [3.8, 4) is 5.75 Å². The molecule has 0 aliphatic heterocycles. The van der Waals surface area contributed by atoms with Crippen LogP contribution in [0.5, 0.6) is 5.75 Å². The third kappa shape index (κ3) is 11.6. The van der Waals surface area contributed by atoms with Gasteiger partial charge >= 0.3 is 18.1 Å². The average Bonchev–Trinajstić information content (AvgIpc) is 2.70. The first-order valence-corrected chi connectivity index (χ1v) is 10.5. The van der Waals surface area contributed by atoms with Crippen LogP contribution in [-0.2, 0) is 19.2 Å². The molecule has 1 atom stereocenters. The van der Waals surface area contributed by atoms with Gasteiger partial charge < -0.3 is 26.6 Å². The second-order valence-corrected chi connectivity index (χ2v) is 8.02. The molecule has 0 heterocycles. The number of carboxylic acid groups (broad SMARTS) is 1. The minimum Gasteiger partial charge on any atom is -0.475 e. The van der Waals surface area contributed by atoms with E-state index in [1.165, 1.54) is 0 Å². The molecule has 0 fully saturated rings. The molecule has 0 aromatic heterocycles. The fraction of sp³-hybridized carbons (Fsp3) is 0.545. The van der Waals surface area contributed by atoms with Crippen LogP contribution in [0.25, 0.3) is 0 Å². The zero-order valence-corrected chi connectivity index (χ0v) is 19.6. The Kier molecular flexibility index (Phi) is 12.9. The maximum atomic E-state index is 12.3. The Morgan fingerprint density at radius 3 is 1.91 bits per heavy atom. The van der Waals surface area contributed by atoms with E-state index in [2.05, 4.69) is 33.0 Å². The number of ether oxygens (including phenoxy) is 1. The van der Waals surface area contributed by atoms with Crippen molar-refractivity contribution in [2.75, 3.05) is 6.54 Å². The first-order valence-electron chi connectivity index (χ1n) is 10.5. The molecule has 2 amide bonds. The van der Waals surface area contributed by atoms with Crippen molar-refractivity contribution < 1.29 is 42.2 Å². The highest BCUT2D eigenvalue weighted by Crippen LogP contribution is 2.34. The van der Waals surface area contributed by atoms with Gasteiger partial charge in [0, 0.05) is 13.0 Å². The summed E-state index contributed by atoms with van der Waals surface area (Å²) < 4.78 is 37.4. The third-order valence-electron chi connectivity index (χ3n) is 4.39. The molecule has 12 heteroatoms. The fourth-order valence-corrected chi connectivity index (χ4v) is 2.65. The van der Waals surface area contributed by atoms with E-state index in [9.17, 15) is 27.6 Å². The smallest absolute Gasteiger partial charge is 0.475 e. The lowest BCUT2D eigenvalue weighted by molar-refractivity contribution is -0.192. The number of primary amides is 1. The van der Waals surface area contributed by atoms with Crippen molar-refractivity contribution >= 4 is 23.8 Å². The molecule has 1 aromatic rings. The number of para-hydroxylation sites is 1. The van der Waals surface area contributed by atoms with Gasteiger partial charge in [-0.25, -0.2) is 4.79 Å². The summed E-state index contributed by atoms with van der Waals surface area (Å²) >= 11 is 0. The van der Waals surface area contributed by atoms with E-state index in [0.29, 0.717) is 12.2 Å². The molecule has 0 radical (unpaired) electrons. The number of aliphatic carboxylic acids is 1. The van der Waals surface area contributed by atoms with Gasteiger partial charge in [-0.05, 0) is 29.4 Å². The lowest BCUT2D eigenvalue weighted by Crippen LogP contribution is -2.43. The Bertz CT molecular complexity index is 831. The van der Waals surface area contributed by atoms with Crippen LogP contribution >= 0.6 is 0 Å². The van der Waals surface area contributed by atoms with E-state index in [4.69, 9.17) is 26.1 Å². The number of rotatable bonds is 10. The molecule has 0 aliphatic rings. The van der Waals surface area contributed by atoms with Crippen LogP contribution < -0.4 is 21.5 Å². The van der Waals surface area contributed by atoms with Crippen molar-refractivity contribution in [1.29, 1.82) is 0 Å². The molecule has 9 nitrogen and oxygen atoms in total. The fourth-order valence-electron chi connectivity index (χ4n) is 2.65. The lowest BCUT2D eigenvalue weighted by atomic mass is 9.94. The van der Waals surface area contributed by atoms with E-state index in [0.717, 1.165) is 11.1 Å². The zero-order chi connectivity index (χ0) is 26.6. The van der Waals surface area contributed by atoms with Crippen molar-refractivity contribution in [3.63, 3.8) is 0 Å². The van der Waals surface area contributed by atoms with Crippen LogP contribution in [0.15, 0.2) is 18.2 Å². The molecule has 0 aliphatic carbocycles. The highest BCUT2D eigenvalue weighted by Gasteiger charge is 2.38. The third-order valence-corrected chi connectivity index (χ3v) is 4.39. The molecular formula is C22H32F3N3O6. The summed E-state index contributed by atoms with van der Waals surface area (Å²) in [6.07, 6.45) is -4.72. The van der Waals surface area contributed by atoms with Crippen molar-refractivity contribution in [3.05, 3.63) is 29.3 Å². The number of nitrogens with two attached hydrogens (primary N) is 2. The molecule has 0 saturated carbocycles. The highest BCUT2D eigenvalue weighted by atomic mass is 19.4. The van der Waals surface area contributed by atoms with Gasteiger partial charge in [-0.3, -0.25) is 14.4 Å². The van der Waals surface area contributed by atoms with Crippen LogP contribution in [0, 0.1) is 0 Å². The number of carboxylic acids is 1. The summed E-state index contributed by atoms with van der Waals surface area (Å²) in [4.78, 5) is 43.6. The Hall–Kier alpha value is -3.15. The minimum atomic E-state index is -5.08. The topological polar surface area (TPSA) is 162 Å². The van der Waals surface area contributed by atoms with Gasteiger partial charge in [-0.1, -0.05) is 45.9 Å². The first-order chi connectivity index (χ1) is 15.6. The lowest BCUT2D eigenvalue weighted by Gasteiger charge is -2.19. The monoisotopic (exact) mass is 491 g/mol. The molecule has 6 N–H and O–H groups in total. The van der Waals surface area contributed by atoms with Crippen molar-refractivity contribution in [1.82, 2.24) is 5.32 Å². The van der Waals surface area contributed by atoms with Crippen molar-refractivity contribution in [2.45, 2.75) is 71.0 Å². The van der Waals surface area contributed by atoms with Gasteiger partial charge in [-0.2, -0.15) is 13.2 Å². The molecule has 1 aromatic carbocycles. The summed E-state index contributed by atoms with van der Waals surface area (Å²) in [5.74, 6) is -3.09. The SMILES string of the molecule is CC(C)c1cccc(C(C)C)c1OC(=O)CCCNC(=O)[C@@H](N)CC(N)=O.O=C(O)C(F)(F)F. The van der Waals surface area contributed by atoms with Crippen LogP contribution in [-0.4, -0.2) is 47.6 Å². The minimum absolute atomic E-state index is 0.162. The molecule has 0 spiro atoms. The number of halogens is 3. The number of nitrogens with one attached hydrogen (secondary N) is 1. The Morgan fingerprint density at radius 1 is 1.06 bits per heavy atom.